The van der Waals surface area contributed by atoms with Gasteiger partial charge >= 0.3 is 0 Å². The van der Waals surface area contributed by atoms with E-state index in [-0.39, 0.29) is 11.8 Å². The van der Waals surface area contributed by atoms with Gasteiger partial charge in [-0.3, -0.25) is 10.1 Å². The van der Waals surface area contributed by atoms with Gasteiger partial charge in [0.2, 0.25) is 0 Å². The van der Waals surface area contributed by atoms with Gasteiger partial charge in [0.05, 0.1) is 18.0 Å². The molecule has 1 unspecified atom stereocenters. The van der Waals surface area contributed by atoms with Gasteiger partial charge in [0, 0.05) is 23.9 Å². The number of hydrogen-bond donors (Lipinski definition) is 2. The smallest absolute Gasteiger partial charge is 0.0990 e. The van der Waals surface area contributed by atoms with Crippen LogP contribution in [0.5, 0.6) is 0 Å². The zero-order chi connectivity index (χ0) is 13.0. The fourth-order valence-corrected chi connectivity index (χ4v) is 2.78. The Hall–Kier alpha value is -1.75. The Morgan fingerprint density at radius 1 is 1.44 bits per heavy atom. The van der Waals surface area contributed by atoms with E-state index in [2.05, 4.69) is 5.10 Å². The molecule has 0 fully saturated rings. The van der Waals surface area contributed by atoms with Crippen LogP contribution in [0, 0.1) is 5.41 Å². The quantitative estimate of drug-likeness (QED) is 0.492. The number of rotatable bonds is 5. The zero-order valence-electron chi connectivity index (χ0n) is 10.2. The summed E-state index contributed by atoms with van der Waals surface area (Å²) in [5.74, 6) is 0.916. The van der Waals surface area contributed by atoms with Crippen molar-refractivity contribution in [2.45, 2.75) is 10.8 Å². The maximum atomic E-state index is 7.70. The van der Waals surface area contributed by atoms with Crippen molar-refractivity contribution in [3.8, 4) is 0 Å². The summed E-state index contributed by atoms with van der Waals surface area (Å²) in [6.07, 6.45) is 3.79. The SMILES string of the molecule is Cn1cc(SCC(C(=N)N)c2ccccc2)cn1. The van der Waals surface area contributed by atoms with Crippen molar-refractivity contribution in [1.82, 2.24) is 9.78 Å². The molecule has 0 bridgehead atoms. The highest BCUT2D eigenvalue weighted by Gasteiger charge is 2.15. The van der Waals surface area contributed by atoms with Crippen LogP contribution in [0.4, 0.5) is 0 Å². The summed E-state index contributed by atoms with van der Waals surface area (Å²) in [6.45, 7) is 0. The first kappa shape index (κ1) is 12.7. The summed E-state index contributed by atoms with van der Waals surface area (Å²) in [4.78, 5) is 1.10. The first-order valence-electron chi connectivity index (χ1n) is 5.67. The van der Waals surface area contributed by atoms with Crippen LogP contribution < -0.4 is 5.73 Å². The maximum absolute atomic E-state index is 7.70. The van der Waals surface area contributed by atoms with Crippen molar-refractivity contribution in [3.63, 3.8) is 0 Å². The van der Waals surface area contributed by atoms with Gasteiger partial charge in [0.15, 0.2) is 0 Å². The second-order valence-electron chi connectivity index (χ2n) is 4.08. The number of nitrogens with zero attached hydrogens (tertiary/aromatic N) is 2. The molecular weight excluding hydrogens is 244 g/mol. The summed E-state index contributed by atoms with van der Waals surface area (Å²) in [5, 5.41) is 11.8. The summed E-state index contributed by atoms with van der Waals surface area (Å²) in [5.41, 5.74) is 6.77. The van der Waals surface area contributed by atoms with Crippen LogP contribution >= 0.6 is 11.8 Å². The van der Waals surface area contributed by atoms with Gasteiger partial charge in [0.1, 0.15) is 0 Å². The number of hydrogen-bond acceptors (Lipinski definition) is 3. The molecule has 1 atom stereocenters. The van der Waals surface area contributed by atoms with E-state index in [1.54, 1.807) is 16.4 Å². The predicted molar refractivity (Wildman–Crippen MR) is 75.0 cm³/mol. The second kappa shape index (κ2) is 5.73. The molecule has 2 rings (SSSR count). The van der Waals surface area contributed by atoms with E-state index in [1.165, 1.54) is 0 Å². The summed E-state index contributed by atoms with van der Waals surface area (Å²) in [7, 11) is 1.89. The van der Waals surface area contributed by atoms with E-state index in [9.17, 15) is 0 Å². The standard InChI is InChI=1S/C13H16N4S/c1-17-8-11(7-16-17)18-9-12(13(14)15)10-5-3-2-4-6-10/h2-8,12H,9H2,1H3,(H3,14,15). The minimum Gasteiger partial charge on any atom is -0.387 e. The Labute approximate surface area is 111 Å². The van der Waals surface area contributed by atoms with Gasteiger partial charge in [-0.2, -0.15) is 5.10 Å². The molecule has 3 N–H and O–H groups in total. The third-order valence-corrected chi connectivity index (χ3v) is 3.72. The Morgan fingerprint density at radius 2 is 2.17 bits per heavy atom. The molecule has 1 aromatic carbocycles. The molecule has 0 radical (unpaired) electrons. The number of nitrogens with one attached hydrogen (secondary N) is 1. The molecule has 0 aliphatic rings. The number of thioether (sulfide) groups is 1. The number of aryl methyl sites for hydroxylation is 1. The van der Waals surface area contributed by atoms with Gasteiger partial charge in [-0.15, -0.1) is 11.8 Å². The number of nitrogens with two attached hydrogens (primary N) is 1. The van der Waals surface area contributed by atoms with Crippen LogP contribution in [0.2, 0.25) is 0 Å². The van der Waals surface area contributed by atoms with Gasteiger partial charge in [-0.05, 0) is 5.56 Å². The highest BCUT2D eigenvalue weighted by atomic mass is 32.2. The lowest BCUT2D eigenvalue weighted by Crippen LogP contribution is -2.22. The summed E-state index contributed by atoms with van der Waals surface area (Å²) in [6, 6.07) is 9.93. The molecule has 1 aromatic heterocycles. The van der Waals surface area contributed by atoms with Crippen molar-refractivity contribution < 1.29 is 0 Å². The molecule has 0 aliphatic heterocycles. The minimum atomic E-state index is -0.0450. The van der Waals surface area contributed by atoms with Crippen LogP contribution in [0.3, 0.4) is 0 Å². The average Bonchev–Trinajstić information content (AvgIpc) is 2.76. The van der Waals surface area contributed by atoms with E-state index in [0.29, 0.717) is 0 Å². The lowest BCUT2D eigenvalue weighted by molar-refractivity contribution is 0.766. The largest absolute Gasteiger partial charge is 0.387 e. The highest BCUT2D eigenvalue weighted by Crippen LogP contribution is 2.25. The molecule has 0 spiro atoms. The molecule has 5 heteroatoms. The predicted octanol–water partition coefficient (Wildman–Crippen LogP) is 2.23. The molecular formula is C13H16N4S. The Bertz CT molecular complexity index is 521. The van der Waals surface area contributed by atoms with Gasteiger partial charge in [-0.25, -0.2) is 0 Å². The molecule has 0 saturated heterocycles. The Balaban J connectivity index is 2.06. The third kappa shape index (κ3) is 3.13. The van der Waals surface area contributed by atoms with Crippen LogP contribution in [-0.2, 0) is 7.05 Å². The van der Waals surface area contributed by atoms with Crippen molar-refractivity contribution in [2.24, 2.45) is 12.8 Å². The lowest BCUT2D eigenvalue weighted by Gasteiger charge is -2.14. The second-order valence-corrected chi connectivity index (χ2v) is 5.17. The molecule has 0 aliphatic carbocycles. The van der Waals surface area contributed by atoms with Crippen molar-refractivity contribution in [1.29, 1.82) is 5.41 Å². The normalized spacial score (nSPS) is 12.3. The molecule has 2 aromatic rings. The fourth-order valence-electron chi connectivity index (χ4n) is 1.70. The highest BCUT2D eigenvalue weighted by molar-refractivity contribution is 7.99. The first-order chi connectivity index (χ1) is 8.66. The van der Waals surface area contributed by atoms with E-state index >= 15 is 0 Å². The monoisotopic (exact) mass is 260 g/mol. The van der Waals surface area contributed by atoms with Crippen molar-refractivity contribution in [2.75, 3.05) is 5.75 Å². The van der Waals surface area contributed by atoms with E-state index in [0.717, 1.165) is 16.2 Å². The first-order valence-corrected chi connectivity index (χ1v) is 6.65. The van der Waals surface area contributed by atoms with Crippen LogP contribution in [0.15, 0.2) is 47.6 Å². The number of amidine groups is 1. The lowest BCUT2D eigenvalue weighted by atomic mass is 10.0. The molecule has 94 valence electrons. The molecule has 4 nitrogen and oxygen atoms in total. The third-order valence-electron chi connectivity index (χ3n) is 2.68. The van der Waals surface area contributed by atoms with E-state index in [1.807, 2.05) is 49.8 Å². The number of benzene rings is 1. The van der Waals surface area contributed by atoms with Crippen LogP contribution in [0.25, 0.3) is 0 Å². The minimum absolute atomic E-state index is 0.0450. The van der Waals surface area contributed by atoms with Gasteiger partial charge in [-0.1, -0.05) is 30.3 Å². The van der Waals surface area contributed by atoms with Gasteiger partial charge < -0.3 is 5.73 Å². The number of aromatic nitrogens is 2. The summed E-state index contributed by atoms with van der Waals surface area (Å²) < 4.78 is 1.77. The average molecular weight is 260 g/mol. The Kier molecular flexibility index (Phi) is 4.04. The van der Waals surface area contributed by atoms with Crippen LogP contribution in [0.1, 0.15) is 11.5 Å². The van der Waals surface area contributed by atoms with Crippen LogP contribution in [-0.4, -0.2) is 21.4 Å². The molecule has 0 amide bonds. The molecule has 0 saturated carbocycles. The topological polar surface area (TPSA) is 67.7 Å². The molecule has 18 heavy (non-hydrogen) atoms. The van der Waals surface area contributed by atoms with E-state index < -0.39 is 0 Å². The molecule has 1 heterocycles. The van der Waals surface area contributed by atoms with Crippen molar-refractivity contribution >= 4 is 17.6 Å². The zero-order valence-corrected chi connectivity index (χ0v) is 11.0. The summed E-state index contributed by atoms with van der Waals surface area (Å²) >= 11 is 1.67. The Morgan fingerprint density at radius 3 is 2.72 bits per heavy atom. The van der Waals surface area contributed by atoms with E-state index in [4.69, 9.17) is 11.1 Å². The fraction of sp³-hybridized carbons (Fsp3) is 0.231. The maximum Gasteiger partial charge on any atom is 0.0990 e. The van der Waals surface area contributed by atoms with Gasteiger partial charge in [0.25, 0.3) is 0 Å². The van der Waals surface area contributed by atoms with Crippen molar-refractivity contribution in [3.05, 3.63) is 48.3 Å².